The van der Waals surface area contributed by atoms with Gasteiger partial charge in [-0.1, -0.05) is 51.9 Å². The molecule has 5 heteroatoms. The lowest BCUT2D eigenvalue weighted by Gasteiger charge is -2.72. The maximum absolute atomic E-state index is 12.8. The molecule has 0 amide bonds. The lowest BCUT2D eigenvalue weighted by molar-refractivity contribution is -0.230. The predicted molar refractivity (Wildman–Crippen MR) is 146 cm³/mol. The third-order valence-corrected chi connectivity index (χ3v) is 13.6. The molecule has 1 N–H and O–H groups in total. The monoisotopic (exact) mass is 511 g/mol. The highest BCUT2D eigenvalue weighted by molar-refractivity contribution is 5.91. The number of aliphatic carboxylic acids is 1. The van der Waals surface area contributed by atoms with Crippen molar-refractivity contribution in [3.8, 4) is 0 Å². The number of fused-ring (bicyclic) bond motifs is 7. The van der Waals surface area contributed by atoms with Crippen LogP contribution in [0.1, 0.15) is 113 Å². The van der Waals surface area contributed by atoms with E-state index in [1.54, 1.807) is 0 Å². The molecule has 0 aromatic heterocycles. The fraction of sp³-hybridized carbons (Fsp3) is 0.844. The zero-order valence-corrected chi connectivity index (χ0v) is 24.3. The number of nitrogens with zero attached hydrogens (tertiary/aromatic N) is 1. The largest absolute Gasteiger partial charge is 0.481 e. The molecular formula is C32H49NO4. The highest BCUT2D eigenvalue weighted by Gasteiger charge is 2.71. The van der Waals surface area contributed by atoms with Gasteiger partial charge < -0.3 is 9.94 Å². The van der Waals surface area contributed by atoms with Crippen LogP contribution in [0.15, 0.2) is 17.3 Å². The van der Waals surface area contributed by atoms with E-state index < -0.39 is 11.4 Å². The number of carbonyl (C=O) groups excluding carboxylic acids is 1. The Hall–Kier alpha value is -1.65. The van der Waals surface area contributed by atoms with Gasteiger partial charge in [0.2, 0.25) is 0 Å². The van der Waals surface area contributed by atoms with Crippen LogP contribution in [0.25, 0.3) is 0 Å². The minimum Gasteiger partial charge on any atom is -0.481 e. The molecule has 0 aliphatic heterocycles. The van der Waals surface area contributed by atoms with Gasteiger partial charge in [-0.2, -0.15) is 0 Å². The molecule has 0 spiro atoms. The van der Waals surface area contributed by atoms with Crippen LogP contribution in [0.5, 0.6) is 0 Å². The van der Waals surface area contributed by atoms with Gasteiger partial charge in [-0.3, -0.25) is 4.79 Å². The van der Waals surface area contributed by atoms with Gasteiger partial charge in [0.1, 0.15) is 0 Å². The summed E-state index contributed by atoms with van der Waals surface area (Å²) in [5.41, 5.74) is 2.08. The van der Waals surface area contributed by atoms with Crippen LogP contribution in [0.2, 0.25) is 0 Å². The van der Waals surface area contributed by atoms with E-state index in [1.165, 1.54) is 25.3 Å². The topological polar surface area (TPSA) is 76.0 Å². The summed E-state index contributed by atoms with van der Waals surface area (Å²) in [6, 6.07) is 0. The molecule has 9 atom stereocenters. The number of hydrogen-bond donors (Lipinski definition) is 1. The van der Waals surface area contributed by atoms with Gasteiger partial charge in [0.15, 0.2) is 0 Å². The molecule has 0 aromatic rings. The van der Waals surface area contributed by atoms with Crippen molar-refractivity contribution in [3.63, 3.8) is 0 Å². The van der Waals surface area contributed by atoms with Gasteiger partial charge in [0.25, 0.3) is 0 Å². The van der Waals surface area contributed by atoms with E-state index in [1.807, 2.05) is 0 Å². The average Bonchev–Trinajstić information content (AvgIpc) is 3.20. The molecule has 0 radical (unpaired) electrons. The van der Waals surface area contributed by atoms with E-state index in [4.69, 9.17) is 4.84 Å². The third-order valence-electron chi connectivity index (χ3n) is 13.6. The van der Waals surface area contributed by atoms with Gasteiger partial charge in [-0.15, -0.1) is 0 Å². The summed E-state index contributed by atoms with van der Waals surface area (Å²) in [6.07, 6.45) is 10.3. The van der Waals surface area contributed by atoms with Crippen molar-refractivity contribution in [1.82, 2.24) is 0 Å². The van der Waals surface area contributed by atoms with Crippen LogP contribution < -0.4 is 0 Å². The van der Waals surface area contributed by atoms with Crippen molar-refractivity contribution < 1.29 is 19.5 Å². The Kier molecular flexibility index (Phi) is 6.13. The summed E-state index contributed by atoms with van der Waals surface area (Å²) in [5, 5.41) is 14.9. The first-order valence-electron chi connectivity index (χ1n) is 14.8. The zero-order chi connectivity index (χ0) is 27.2. The van der Waals surface area contributed by atoms with Crippen molar-refractivity contribution >= 4 is 17.7 Å². The molecule has 206 valence electrons. The Morgan fingerprint density at radius 1 is 0.892 bits per heavy atom. The summed E-state index contributed by atoms with van der Waals surface area (Å²) in [4.78, 5) is 29.4. The van der Waals surface area contributed by atoms with E-state index in [9.17, 15) is 14.7 Å². The van der Waals surface area contributed by atoms with Gasteiger partial charge in [0.05, 0.1) is 11.1 Å². The average molecular weight is 512 g/mol. The highest BCUT2D eigenvalue weighted by atomic mass is 16.7. The normalized spacial score (nSPS) is 49.3. The number of rotatable bonds is 3. The Labute approximate surface area is 223 Å². The fourth-order valence-electron chi connectivity index (χ4n) is 11.6. The van der Waals surface area contributed by atoms with Crippen LogP contribution in [-0.4, -0.2) is 22.8 Å². The molecule has 0 saturated heterocycles. The van der Waals surface area contributed by atoms with Crippen molar-refractivity contribution in [1.29, 1.82) is 0 Å². The van der Waals surface area contributed by atoms with Crippen LogP contribution in [0, 0.1) is 56.7 Å². The van der Waals surface area contributed by atoms with Gasteiger partial charge in [-0.25, -0.2) is 4.79 Å². The Morgan fingerprint density at radius 2 is 1.59 bits per heavy atom. The number of oxime groups is 1. The third kappa shape index (κ3) is 3.43. The molecule has 0 heterocycles. The zero-order valence-electron chi connectivity index (χ0n) is 24.3. The maximum atomic E-state index is 12.8. The van der Waals surface area contributed by atoms with E-state index in [2.05, 4.69) is 53.3 Å². The van der Waals surface area contributed by atoms with Crippen LogP contribution in [0.4, 0.5) is 0 Å². The summed E-state index contributed by atoms with van der Waals surface area (Å²) in [5.74, 6) is 1.19. The molecule has 5 aliphatic carbocycles. The van der Waals surface area contributed by atoms with Gasteiger partial charge in [-0.05, 0) is 117 Å². The Morgan fingerprint density at radius 3 is 2.22 bits per heavy atom. The quantitative estimate of drug-likeness (QED) is 0.240. The summed E-state index contributed by atoms with van der Waals surface area (Å²) in [7, 11) is 0. The Balaban J connectivity index is 1.52. The van der Waals surface area contributed by atoms with Crippen molar-refractivity contribution in [3.05, 3.63) is 12.2 Å². The smallest absolute Gasteiger partial charge is 0.331 e. The second-order valence-electron chi connectivity index (χ2n) is 15.0. The summed E-state index contributed by atoms with van der Waals surface area (Å²) < 4.78 is 0. The number of hydrogen-bond acceptors (Lipinski definition) is 4. The molecule has 37 heavy (non-hydrogen) atoms. The van der Waals surface area contributed by atoms with Crippen LogP contribution in [0.3, 0.4) is 0 Å². The van der Waals surface area contributed by atoms with E-state index in [0.717, 1.165) is 57.1 Å². The van der Waals surface area contributed by atoms with E-state index in [-0.39, 0.29) is 33.5 Å². The molecule has 0 aromatic carbocycles. The van der Waals surface area contributed by atoms with Crippen molar-refractivity contribution in [2.45, 2.75) is 113 Å². The summed E-state index contributed by atoms with van der Waals surface area (Å²) >= 11 is 0. The van der Waals surface area contributed by atoms with Gasteiger partial charge >= 0.3 is 11.9 Å². The first-order valence-corrected chi connectivity index (χ1v) is 14.8. The first kappa shape index (κ1) is 26.9. The molecule has 5 nitrogen and oxygen atoms in total. The highest BCUT2D eigenvalue weighted by Crippen LogP contribution is 2.77. The lowest BCUT2D eigenvalue weighted by atomic mass is 9.32. The minimum absolute atomic E-state index is 0.108. The predicted octanol–water partition coefficient (Wildman–Crippen LogP) is 7.65. The molecule has 5 fully saturated rings. The van der Waals surface area contributed by atoms with Crippen molar-refractivity contribution in [2.24, 2.45) is 61.8 Å². The number of carbonyl (C=O) groups is 2. The number of carboxylic acids is 1. The molecule has 5 rings (SSSR count). The van der Waals surface area contributed by atoms with Crippen LogP contribution >= 0.6 is 0 Å². The molecule has 0 bridgehead atoms. The first-order chi connectivity index (χ1) is 17.1. The lowest BCUT2D eigenvalue weighted by Crippen LogP contribution is -2.66. The van der Waals surface area contributed by atoms with E-state index >= 15 is 0 Å². The minimum atomic E-state index is -0.562. The summed E-state index contributed by atoms with van der Waals surface area (Å²) in [6.45, 7) is 20.2. The fourth-order valence-corrected chi connectivity index (χ4v) is 11.6. The second-order valence-corrected chi connectivity index (χ2v) is 15.0. The molecule has 5 aliphatic rings. The number of allylic oxidation sites excluding steroid dienone is 1. The molecule has 5 saturated carbocycles. The SMILES string of the molecule is C=C(C)[C@@H]1CC[C@]2(C(=O)O)CC[C@]3(C)[C@H](CC[C@@H]4[C@@]5(C)CC/C(=N\OC(C)=O)C(C)(C)[C@@H]5CC[C@]43C)[C@@H]12. The van der Waals surface area contributed by atoms with Gasteiger partial charge in [0, 0.05) is 12.3 Å². The van der Waals surface area contributed by atoms with Crippen molar-refractivity contribution in [2.75, 3.05) is 0 Å². The van der Waals surface area contributed by atoms with E-state index in [0.29, 0.717) is 23.7 Å². The Bertz CT molecular complexity index is 1050. The second kappa shape index (κ2) is 8.42. The maximum Gasteiger partial charge on any atom is 0.331 e. The molecular weight excluding hydrogens is 462 g/mol. The standard InChI is InChI=1S/C32H49NO4/c1-19(2)21-11-16-32(27(35)36)18-17-30(7)22(26(21)32)9-10-24-29(6)14-13-25(33-37-20(3)34)28(4,5)23(29)12-15-31(24,30)8/h21-24,26H,1,9-18H2,2-8H3,(H,35,36)/b33-25+/t21-,22+,23-,24+,26+,29-,30+,31+,32-/m0/s1. The molecule has 0 unspecified atom stereocenters. The van der Waals surface area contributed by atoms with Crippen LogP contribution in [-0.2, 0) is 14.4 Å². The number of carboxylic acid groups (broad SMARTS) is 1.